The van der Waals surface area contributed by atoms with E-state index < -0.39 is 0 Å². The molecule has 3 atom stereocenters. The maximum Gasteiger partial charge on any atom is 0.257 e. The lowest BCUT2D eigenvalue weighted by Crippen LogP contribution is -2.09. The fraction of sp³-hybridized carbons (Fsp3) is 0.500. The number of fused-ring (bicyclic) bond motifs is 2. The van der Waals surface area contributed by atoms with Gasteiger partial charge < -0.3 is 10.3 Å². The molecule has 4 rings (SSSR count). The average Bonchev–Trinajstić information content (AvgIpc) is 3.23. The molecule has 2 aliphatic carbocycles. The highest BCUT2D eigenvalue weighted by Gasteiger charge is 2.42. The highest BCUT2D eigenvalue weighted by Crippen LogP contribution is 2.52. The van der Waals surface area contributed by atoms with Crippen LogP contribution in [0.2, 0.25) is 0 Å². The van der Waals surface area contributed by atoms with E-state index in [-0.39, 0.29) is 0 Å². The molecule has 2 saturated carbocycles. The summed E-state index contributed by atoms with van der Waals surface area (Å²) >= 11 is 0. The van der Waals surface area contributed by atoms with Gasteiger partial charge in [0.1, 0.15) is 0 Å². The van der Waals surface area contributed by atoms with Gasteiger partial charge in [0.15, 0.2) is 5.82 Å². The Bertz CT molecular complexity index is 604. The predicted molar refractivity (Wildman–Crippen MR) is 75.8 cm³/mol. The minimum atomic E-state index is 0.523. The Morgan fingerprint density at radius 1 is 1.15 bits per heavy atom. The van der Waals surface area contributed by atoms with Crippen LogP contribution in [0.1, 0.15) is 43.0 Å². The van der Waals surface area contributed by atoms with Crippen molar-refractivity contribution in [3.05, 3.63) is 35.7 Å². The first-order valence-corrected chi connectivity index (χ1v) is 7.46. The van der Waals surface area contributed by atoms with E-state index in [2.05, 4.69) is 10.1 Å². The van der Waals surface area contributed by atoms with Crippen LogP contribution in [0.3, 0.4) is 0 Å². The van der Waals surface area contributed by atoms with Crippen molar-refractivity contribution in [2.75, 3.05) is 0 Å². The molecule has 2 aromatic rings. The van der Waals surface area contributed by atoms with Crippen LogP contribution in [0, 0.1) is 11.8 Å². The number of hydrogen-bond acceptors (Lipinski definition) is 4. The summed E-state index contributed by atoms with van der Waals surface area (Å²) in [5.41, 5.74) is 7.70. The number of benzene rings is 1. The van der Waals surface area contributed by atoms with Crippen LogP contribution in [-0.2, 0) is 6.54 Å². The summed E-state index contributed by atoms with van der Waals surface area (Å²) in [6.07, 6.45) is 5.34. The van der Waals surface area contributed by atoms with Crippen molar-refractivity contribution in [3.8, 4) is 11.5 Å². The molecule has 4 nitrogen and oxygen atoms in total. The Kier molecular flexibility index (Phi) is 2.84. The first-order valence-electron chi connectivity index (χ1n) is 7.46. The molecule has 1 aromatic heterocycles. The fourth-order valence-corrected chi connectivity index (χ4v) is 3.85. The van der Waals surface area contributed by atoms with Crippen LogP contribution < -0.4 is 5.73 Å². The van der Waals surface area contributed by atoms with E-state index >= 15 is 0 Å². The van der Waals surface area contributed by atoms with Crippen molar-refractivity contribution in [1.82, 2.24) is 10.1 Å². The molecular weight excluding hydrogens is 250 g/mol. The lowest BCUT2D eigenvalue weighted by molar-refractivity contribution is 0.372. The Hall–Kier alpha value is -1.68. The van der Waals surface area contributed by atoms with Crippen molar-refractivity contribution in [3.63, 3.8) is 0 Å². The second-order valence-electron chi connectivity index (χ2n) is 6.14. The maximum absolute atomic E-state index is 5.61. The van der Waals surface area contributed by atoms with Crippen molar-refractivity contribution < 1.29 is 4.52 Å². The van der Waals surface area contributed by atoms with Crippen molar-refractivity contribution in [2.45, 2.75) is 38.1 Å². The van der Waals surface area contributed by atoms with E-state index in [0.717, 1.165) is 28.8 Å². The quantitative estimate of drug-likeness (QED) is 0.929. The molecule has 0 amide bonds. The Balaban J connectivity index is 1.58. The van der Waals surface area contributed by atoms with Gasteiger partial charge in [-0.2, -0.15) is 4.98 Å². The zero-order valence-electron chi connectivity index (χ0n) is 11.5. The number of aromatic nitrogens is 2. The van der Waals surface area contributed by atoms with Gasteiger partial charge in [-0.3, -0.25) is 0 Å². The smallest absolute Gasteiger partial charge is 0.257 e. The lowest BCUT2D eigenvalue weighted by Gasteiger charge is -2.17. The summed E-state index contributed by atoms with van der Waals surface area (Å²) < 4.78 is 5.45. The van der Waals surface area contributed by atoms with Gasteiger partial charge in [0.05, 0.1) is 0 Å². The van der Waals surface area contributed by atoms with Gasteiger partial charge in [0, 0.05) is 18.0 Å². The van der Waals surface area contributed by atoms with Gasteiger partial charge in [0.25, 0.3) is 5.89 Å². The van der Waals surface area contributed by atoms with E-state index in [1.165, 1.54) is 25.7 Å². The van der Waals surface area contributed by atoms with E-state index in [1.54, 1.807) is 0 Å². The van der Waals surface area contributed by atoms with Gasteiger partial charge in [-0.25, -0.2) is 0 Å². The summed E-state index contributed by atoms with van der Waals surface area (Å²) in [7, 11) is 0. The van der Waals surface area contributed by atoms with Gasteiger partial charge in [0.2, 0.25) is 0 Å². The van der Waals surface area contributed by atoms with E-state index in [1.807, 2.05) is 24.3 Å². The van der Waals surface area contributed by atoms with E-state index in [4.69, 9.17) is 10.3 Å². The first-order chi connectivity index (χ1) is 9.83. The van der Waals surface area contributed by atoms with E-state index in [9.17, 15) is 0 Å². The van der Waals surface area contributed by atoms with Crippen LogP contribution >= 0.6 is 0 Å². The Morgan fingerprint density at radius 2 is 2.00 bits per heavy atom. The average molecular weight is 269 g/mol. The molecule has 20 heavy (non-hydrogen) atoms. The maximum atomic E-state index is 5.61. The Labute approximate surface area is 118 Å². The number of rotatable bonds is 3. The van der Waals surface area contributed by atoms with Crippen LogP contribution in [0.25, 0.3) is 11.5 Å². The summed E-state index contributed by atoms with van der Waals surface area (Å²) in [6.45, 7) is 0.556. The molecule has 2 bridgehead atoms. The zero-order valence-corrected chi connectivity index (χ0v) is 11.5. The van der Waals surface area contributed by atoms with Crippen molar-refractivity contribution in [1.29, 1.82) is 0 Å². The molecule has 2 fully saturated rings. The molecular formula is C16H19N3O. The van der Waals surface area contributed by atoms with Crippen LogP contribution in [0.15, 0.2) is 28.8 Å². The summed E-state index contributed by atoms with van der Waals surface area (Å²) in [5, 5.41) is 4.23. The van der Waals surface area contributed by atoms with Crippen molar-refractivity contribution in [2.24, 2.45) is 17.6 Å². The third-order valence-electron chi connectivity index (χ3n) is 4.95. The van der Waals surface area contributed by atoms with Crippen LogP contribution in [0.4, 0.5) is 0 Å². The normalized spacial score (nSPS) is 28.1. The lowest BCUT2D eigenvalue weighted by atomic mass is 9.88. The topological polar surface area (TPSA) is 64.9 Å². The molecule has 104 valence electrons. The summed E-state index contributed by atoms with van der Waals surface area (Å²) in [4.78, 5) is 4.63. The number of nitrogens with zero attached hydrogens (tertiary/aromatic N) is 2. The fourth-order valence-electron chi connectivity index (χ4n) is 3.85. The van der Waals surface area contributed by atoms with Gasteiger partial charge in [-0.15, -0.1) is 0 Å². The zero-order chi connectivity index (χ0) is 13.5. The predicted octanol–water partition coefficient (Wildman–Crippen LogP) is 3.10. The summed E-state index contributed by atoms with van der Waals surface area (Å²) in [6, 6.07) is 8.02. The molecule has 2 aliphatic rings. The van der Waals surface area contributed by atoms with Gasteiger partial charge >= 0.3 is 0 Å². The van der Waals surface area contributed by atoms with Crippen molar-refractivity contribution >= 4 is 0 Å². The monoisotopic (exact) mass is 269 g/mol. The second-order valence-corrected chi connectivity index (χ2v) is 6.14. The molecule has 0 aliphatic heterocycles. The summed E-state index contributed by atoms with van der Waals surface area (Å²) in [5.74, 6) is 3.75. The van der Waals surface area contributed by atoms with Gasteiger partial charge in [-0.1, -0.05) is 23.7 Å². The van der Waals surface area contributed by atoms with Gasteiger partial charge in [-0.05, 0) is 48.8 Å². The Morgan fingerprint density at radius 3 is 2.65 bits per heavy atom. The highest BCUT2D eigenvalue weighted by atomic mass is 16.5. The third-order valence-corrected chi connectivity index (χ3v) is 4.95. The largest absolute Gasteiger partial charge is 0.334 e. The SMILES string of the molecule is NCc1ccc(-c2nc(C3CC4CCC3C4)no2)cc1. The minimum Gasteiger partial charge on any atom is -0.334 e. The van der Waals surface area contributed by atoms with Crippen LogP contribution in [0.5, 0.6) is 0 Å². The van der Waals surface area contributed by atoms with Crippen LogP contribution in [-0.4, -0.2) is 10.1 Å². The second kappa shape index (κ2) is 4.70. The molecule has 0 radical (unpaired) electrons. The molecule has 3 unspecified atom stereocenters. The first kappa shape index (κ1) is 12.1. The third kappa shape index (κ3) is 1.95. The van der Waals surface area contributed by atoms with E-state index in [0.29, 0.717) is 18.4 Å². The molecule has 4 heteroatoms. The molecule has 1 aromatic carbocycles. The molecule has 0 saturated heterocycles. The molecule has 1 heterocycles. The number of hydrogen-bond donors (Lipinski definition) is 1. The standard InChI is InChI=1S/C16H19N3O/c17-9-10-1-4-12(5-2-10)16-18-15(19-20-16)14-8-11-3-6-13(14)7-11/h1-2,4-5,11,13-14H,3,6-9,17H2. The highest BCUT2D eigenvalue weighted by molar-refractivity contribution is 5.53. The molecule has 0 spiro atoms. The minimum absolute atomic E-state index is 0.523. The number of nitrogens with two attached hydrogens (primary N) is 1. The molecule has 2 N–H and O–H groups in total.